The van der Waals surface area contributed by atoms with Gasteiger partial charge in [0.15, 0.2) is 0 Å². The van der Waals surface area contributed by atoms with E-state index in [4.69, 9.17) is 5.73 Å². The van der Waals surface area contributed by atoms with Crippen molar-refractivity contribution < 1.29 is 4.79 Å². The van der Waals surface area contributed by atoms with Gasteiger partial charge in [0.05, 0.1) is 6.20 Å². The van der Waals surface area contributed by atoms with Crippen LogP contribution in [0.3, 0.4) is 0 Å². The summed E-state index contributed by atoms with van der Waals surface area (Å²) in [5.41, 5.74) is 6.04. The van der Waals surface area contributed by atoms with Crippen molar-refractivity contribution in [2.24, 2.45) is 11.7 Å². The number of amides is 1. The molecule has 2 unspecified atom stereocenters. The highest BCUT2D eigenvalue weighted by Gasteiger charge is 2.32. The van der Waals surface area contributed by atoms with Crippen LogP contribution in [0.5, 0.6) is 0 Å². The highest BCUT2D eigenvalue weighted by Crippen LogP contribution is 2.23. The van der Waals surface area contributed by atoms with Gasteiger partial charge < -0.3 is 10.6 Å². The minimum Gasteiger partial charge on any atom is -0.334 e. The summed E-state index contributed by atoms with van der Waals surface area (Å²) in [7, 11) is 0. The van der Waals surface area contributed by atoms with Crippen LogP contribution in [0.25, 0.3) is 0 Å². The van der Waals surface area contributed by atoms with Gasteiger partial charge in [-0.2, -0.15) is 0 Å². The summed E-state index contributed by atoms with van der Waals surface area (Å²) < 4.78 is 0. The topological polar surface area (TPSA) is 72.1 Å². The molecule has 1 amide bonds. The second-order valence-electron chi connectivity index (χ2n) is 4.23. The highest BCUT2D eigenvalue weighted by atomic mass is 16.2. The Morgan fingerprint density at radius 1 is 1.62 bits per heavy atom. The molecule has 2 N–H and O–H groups in total. The molecule has 2 rings (SSSR count). The van der Waals surface area contributed by atoms with E-state index in [1.165, 1.54) is 12.4 Å². The largest absolute Gasteiger partial charge is 0.334 e. The Bertz CT molecular complexity index is 368. The lowest BCUT2D eigenvalue weighted by Gasteiger charge is -2.20. The van der Waals surface area contributed by atoms with Gasteiger partial charge in [0.25, 0.3) is 5.91 Å². The summed E-state index contributed by atoms with van der Waals surface area (Å²) in [4.78, 5) is 21.9. The molecule has 86 valence electrons. The van der Waals surface area contributed by atoms with Crippen LogP contribution in [0.1, 0.15) is 23.8 Å². The van der Waals surface area contributed by atoms with E-state index in [0.29, 0.717) is 18.2 Å². The molecule has 0 radical (unpaired) electrons. The number of carbonyl (C=O) groups excluding carboxylic acids is 1. The summed E-state index contributed by atoms with van der Waals surface area (Å²) in [6.45, 7) is 3.41. The van der Waals surface area contributed by atoms with Crippen LogP contribution >= 0.6 is 0 Å². The standard InChI is InChI=1S/C11H16N4O/c1-8-4-9(5-12)7-15(8)11(16)10-6-13-2-3-14-10/h2-3,6,8-9H,4-5,7,12H2,1H3. The van der Waals surface area contributed by atoms with Gasteiger partial charge in [-0.1, -0.05) is 0 Å². The predicted octanol–water partition coefficient (Wildman–Crippen LogP) is 0.286. The molecular weight excluding hydrogens is 204 g/mol. The zero-order valence-corrected chi connectivity index (χ0v) is 9.34. The number of nitrogens with zero attached hydrogens (tertiary/aromatic N) is 3. The molecule has 0 aliphatic carbocycles. The lowest BCUT2D eigenvalue weighted by Crippen LogP contribution is -2.35. The van der Waals surface area contributed by atoms with Gasteiger partial charge in [-0.05, 0) is 25.8 Å². The van der Waals surface area contributed by atoms with E-state index in [1.54, 1.807) is 6.20 Å². The number of hydrogen-bond acceptors (Lipinski definition) is 4. The van der Waals surface area contributed by atoms with Crippen molar-refractivity contribution in [3.8, 4) is 0 Å². The van der Waals surface area contributed by atoms with E-state index in [2.05, 4.69) is 9.97 Å². The SMILES string of the molecule is CC1CC(CN)CN1C(=O)c1cnccn1. The molecule has 2 atom stereocenters. The zero-order valence-electron chi connectivity index (χ0n) is 9.34. The van der Waals surface area contributed by atoms with E-state index in [9.17, 15) is 4.79 Å². The highest BCUT2D eigenvalue weighted by molar-refractivity contribution is 5.92. The van der Waals surface area contributed by atoms with Crippen LogP contribution in [-0.2, 0) is 0 Å². The molecule has 1 aromatic heterocycles. The fraction of sp³-hybridized carbons (Fsp3) is 0.545. The molecule has 1 aromatic rings. The second kappa shape index (κ2) is 4.57. The number of hydrogen-bond donors (Lipinski definition) is 1. The molecule has 2 heterocycles. The monoisotopic (exact) mass is 220 g/mol. The number of rotatable bonds is 2. The quantitative estimate of drug-likeness (QED) is 0.777. The van der Waals surface area contributed by atoms with Crippen LogP contribution in [-0.4, -0.2) is 39.9 Å². The van der Waals surface area contributed by atoms with Crippen molar-refractivity contribution in [1.82, 2.24) is 14.9 Å². The maximum atomic E-state index is 12.1. The van der Waals surface area contributed by atoms with E-state index in [0.717, 1.165) is 13.0 Å². The minimum absolute atomic E-state index is 0.0449. The van der Waals surface area contributed by atoms with Crippen molar-refractivity contribution in [2.75, 3.05) is 13.1 Å². The average Bonchev–Trinajstić information content (AvgIpc) is 2.71. The first-order chi connectivity index (χ1) is 7.72. The third kappa shape index (κ3) is 2.04. The molecule has 5 nitrogen and oxygen atoms in total. The number of aromatic nitrogens is 2. The van der Waals surface area contributed by atoms with Crippen molar-refractivity contribution in [3.05, 3.63) is 24.3 Å². The maximum absolute atomic E-state index is 12.1. The summed E-state index contributed by atoms with van der Waals surface area (Å²) in [6, 6.07) is 0.239. The molecule has 1 aliphatic heterocycles. The first-order valence-corrected chi connectivity index (χ1v) is 5.49. The van der Waals surface area contributed by atoms with Gasteiger partial charge in [0.2, 0.25) is 0 Å². The summed E-state index contributed by atoms with van der Waals surface area (Å²) in [6.07, 6.45) is 5.58. The van der Waals surface area contributed by atoms with Gasteiger partial charge in [0, 0.05) is 25.0 Å². The molecule has 0 saturated carbocycles. The molecular formula is C11H16N4O. The lowest BCUT2D eigenvalue weighted by molar-refractivity contribution is 0.0737. The van der Waals surface area contributed by atoms with Gasteiger partial charge in [0.1, 0.15) is 5.69 Å². The Morgan fingerprint density at radius 3 is 3.00 bits per heavy atom. The minimum atomic E-state index is -0.0449. The second-order valence-corrected chi connectivity index (χ2v) is 4.23. The molecule has 0 bridgehead atoms. The van der Waals surface area contributed by atoms with Crippen molar-refractivity contribution in [3.63, 3.8) is 0 Å². The van der Waals surface area contributed by atoms with E-state index >= 15 is 0 Å². The van der Waals surface area contributed by atoms with E-state index in [1.807, 2.05) is 11.8 Å². The fourth-order valence-corrected chi connectivity index (χ4v) is 2.15. The molecule has 1 saturated heterocycles. The van der Waals surface area contributed by atoms with Crippen LogP contribution in [0.2, 0.25) is 0 Å². The van der Waals surface area contributed by atoms with Crippen LogP contribution < -0.4 is 5.73 Å². The zero-order chi connectivity index (χ0) is 11.5. The van der Waals surface area contributed by atoms with Crippen molar-refractivity contribution >= 4 is 5.91 Å². The van der Waals surface area contributed by atoms with Crippen LogP contribution in [0.15, 0.2) is 18.6 Å². The Labute approximate surface area is 94.7 Å². The third-order valence-corrected chi connectivity index (χ3v) is 3.04. The van der Waals surface area contributed by atoms with Gasteiger partial charge in [-0.15, -0.1) is 0 Å². The molecule has 16 heavy (non-hydrogen) atoms. The van der Waals surface area contributed by atoms with Gasteiger partial charge in [-0.25, -0.2) is 4.98 Å². The van der Waals surface area contributed by atoms with Gasteiger partial charge >= 0.3 is 0 Å². The predicted molar refractivity (Wildman–Crippen MR) is 59.7 cm³/mol. The van der Waals surface area contributed by atoms with Crippen molar-refractivity contribution in [2.45, 2.75) is 19.4 Å². The third-order valence-electron chi connectivity index (χ3n) is 3.04. The normalized spacial score (nSPS) is 24.8. The van der Waals surface area contributed by atoms with E-state index in [-0.39, 0.29) is 11.9 Å². The molecule has 1 aliphatic rings. The van der Waals surface area contributed by atoms with E-state index < -0.39 is 0 Å². The Kier molecular flexibility index (Phi) is 3.14. The Morgan fingerprint density at radius 2 is 2.44 bits per heavy atom. The summed E-state index contributed by atoms with van der Waals surface area (Å²) in [5.74, 6) is 0.368. The molecule has 0 spiro atoms. The number of carbonyl (C=O) groups is 1. The number of nitrogens with two attached hydrogens (primary N) is 1. The summed E-state index contributed by atoms with van der Waals surface area (Å²) in [5, 5.41) is 0. The number of likely N-dealkylation sites (tertiary alicyclic amines) is 1. The first kappa shape index (κ1) is 11.0. The van der Waals surface area contributed by atoms with Gasteiger partial charge in [-0.3, -0.25) is 9.78 Å². The Balaban J connectivity index is 2.11. The summed E-state index contributed by atoms with van der Waals surface area (Å²) >= 11 is 0. The van der Waals surface area contributed by atoms with Crippen molar-refractivity contribution in [1.29, 1.82) is 0 Å². The smallest absolute Gasteiger partial charge is 0.274 e. The molecule has 5 heteroatoms. The average molecular weight is 220 g/mol. The van der Waals surface area contributed by atoms with Crippen LogP contribution in [0.4, 0.5) is 0 Å². The van der Waals surface area contributed by atoms with Crippen LogP contribution in [0, 0.1) is 5.92 Å². The Hall–Kier alpha value is -1.49. The first-order valence-electron chi connectivity index (χ1n) is 5.49. The molecule has 0 aromatic carbocycles. The fourth-order valence-electron chi connectivity index (χ4n) is 2.15. The maximum Gasteiger partial charge on any atom is 0.274 e. The lowest BCUT2D eigenvalue weighted by atomic mass is 10.1. The molecule has 1 fully saturated rings.